The molecule has 1 heterocycles. The van der Waals surface area contributed by atoms with Gasteiger partial charge >= 0.3 is 0 Å². The lowest BCUT2D eigenvalue weighted by Gasteiger charge is -2.31. The first kappa shape index (κ1) is 10.6. The molecular weight excluding hydrogens is 216 g/mol. The number of allylic oxidation sites excluding steroid dienone is 5. The van der Waals surface area contributed by atoms with Crippen LogP contribution in [-0.2, 0) is 4.74 Å². The van der Waals surface area contributed by atoms with E-state index in [1.54, 1.807) is 0 Å². The first-order valence-electron chi connectivity index (χ1n) is 5.71. The van der Waals surface area contributed by atoms with Gasteiger partial charge in [0.15, 0.2) is 0 Å². The molecule has 2 N–H and O–H groups in total. The minimum Gasteiger partial charge on any atom is -0.462 e. The van der Waals surface area contributed by atoms with E-state index in [1.807, 2.05) is 30.4 Å². The highest BCUT2D eigenvalue weighted by Crippen LogP contribution is 2.53. The molecule has 88 valence electrons. The molecule has 0 amide bonds. The summed E-state index contributed by atoms with van der Waals surface area (Å²) in [4.78, 5) is 0. The van der Waals surface area contributed by atoms with Gasteiger partial charge in [-0.05, 0) is 6.42 Å². The smallest absolute Gasteiger partial charge is 0.134 e. The molecule has 17 heavy (non-hydrogen) atoms. The molecule has 0 aromatic heterocycles. The van der Waals surface area contributed by atoms with E-state index in [0.717, 1.165) is 23.3 Å². The lowest BCUT2D eigenvalue weighted by atomic mass is 9.71. The summed E-state index contributed by atoms with van der Waals surface area (Å²) in [5, 5.41) is 18.7. The third-order valence-electron chi connectivity index (χ3n) is 3.53. The maximum absolute atomic E-state index is 9.37. The first-order valence-corrected chi connectivity index (χ1v) is 5.71. The van der Waals surface area contributed by atoms with Crippen LogP contribution in [0.2, 0.25) is 0 Å². The Hall–Kier alpha value is -1.58. The van der Waals surface area contributed by atoms with Crippen molar-refractivity contribution in [2.45, 2.75) is 6.42 Å². The van der Waals surface area contributed by atoms with Crippen LogP contribution >= 0.6 is 0 Å². The zero-order valence-corrected chi connectivity index (χ0v) is 9.39. The van der Waals surface area contributed by atoms with Gasteiger partial charge in [-0.15, -0.1) is 0 Å². The topological polar surface area (TPSA) is 49.7 Å². The Bertz CT molecular complexity index is 506. The summed E-state index contributed by atoms with van der Waals surface area (Å²) >= 11 is 0. The normalized spacial score (nSPS) is 29.5. The molecule has 1 spiro atoms. The summed E-state index contributed by atoms with van der Waals surface area (Å²) in [6.45, 7) is -0.158. The van der Waals surface area contributed by atoms with Gasteiger partial charge in [0, 0.05) is 11.1 Å². The zero-order chi connectivity index (χ0) is 11.9. The van der Waals surface area contributed by atoms with Crippen LogP contribution in [0.15, 0.2) is 59.1 Å². The van der Waals surface area contributed by atoms with E-state index >= 15 is 0 Å². The van der Waals surface area contributed by atoms with Crippen LogP contribution in [0.25, 0.3) is 0 Å². The summed E-state index contributed by atoms with van der Waals surface area (Å²) in [5.74, 6) is 1.36. The summed E-state index contributed by atoms with van der Waals surface area (Å²) in [5.41, 5.74) is 1.49. The molecule has 0 aromatic carbocycles. The maximum atomic E-state index is 9.37. The molecule has 0 radical (unpaired) electrons. The van der Waals surface area contributed by atoms with E-state index in [-0.39, 0.29) is 18.6 Å². The fraction of sp³-hybridized carbons (Fsp3) is 0.286. The van der Waals surface area contributed by atoms with Crippen LogP contribution in [0, 0.1) is 5.41 Å². The Morgan fingerprint density at radius 3 is 2.82 bits per heavy atom. The number of hydrogen-bond donors (Lipinski definition) is 2. The Morgan fingerprint density at radius 1 is 1.18 bits per heavy atom. The van der Waals surface area contributed by atoms with Gasteiger partial charge in [-0.1, -0.05) is 36.5 Å². The predicted molar refractivity (Wildman–Crippen MR) is 63.8 cm³/mol. The largest absolute Gasteiger partial charge is 0.462 e. The Morgan fingerprint density at radius 2 is 2.06 bits per heavy atom. The minimum atomic E-state index is -0.306. The van der Waals surface area contributed by atoms with E-state index in [2.05, 4.69) is 6.08 Å². The minimum absolute atomic E-state index is 0.0445. The summed E-state index contributed by atoms with van der Waals surface area (Å²) in [6.07, 6.45) is 12.7. The molecule has 0 aromatic rings. The summed E-state index contributed by atoms with van der Waals surface area (Å²) in [7, 11) is 0. The highest BCUT2D eigenvalue weighted by Gasteiger charge is 2.46. The van der Waals surface area contributed by atoms with Crippen molar-refractivity contribution in [3.8, 4) is 0 Å². The Kier molecular flexibility index (Phi) is 2.31. The van der Waals surface area contributed by atoms with Crippen LogP contribution in [0.1, 0.15) is 6.42 Å². The molecule has 1 atom stereocenters. The average Bonchev–Trinajstić information content (AvgIpc) is 2.72. The van der Waals surface area contributed by atoms with Gasteiger partial charge in [-0.3, -0.25) is 0 Å². The van der Waals surface area contributed by atoms with Crippen LogP contribution < -0.4 is 0 Å². The molecule has 0 saturated carbocycles. The Balaban J connectivity index is 2.20. The zero-order valence-electron chi connectivity index (χ0n) is 9.39. The van der Waals surface area contributed by atoms with E-state index in [1.165, 1.54) is 0 Å². The maximum Gasteiger partial charge on any atom is 0.134 e. The quantitative estimate of drug-likeness (QED) is 0.757. The third-order valence-corrected chi connectivity index (χ3v) is 3.53. The van der Waals surface area contributed by atoms with E-state index in [0.29, 0.717) is 5.76 Å². The van der Waals surface area contributed by atoms with Crippen LogP contribution in [0.4, 0.5) is 0 Å². The van der Waals surface area contributed by atoms with Gasteiger partial charge < -0.3 is 14.9 Å². The van der Waals surface area contributed by atoms with Gasteiger partial charge in [0.1, 0.15) is 18.1 Å². The van der Waals surface area contributed by atoms with Crippen molar-refractivity contribution in [1.82, 2.24) is 0 Å². The fourth-order valence-electron chi connectivity index (χ4n) is 2.75. The van der Waals surface area contributed by atoms with Gasteiger partial charge in [0.2, 0.25) is 0 Å². The number of rotatable bonds is 2. The lowest BCUT2D eigenvalue weighted by molar-refractivity contribution is 0.206. The van der Waals surface area contributed by atoms with Gasteiger partial charge in [0.25, 0.3) is 0 Å². The highest BCUT2D eigenvalue weighted by atomic mass is 16.5. The second-order valence-corrected chi connectivity index (χ2v) is 4.41. The molecule has 3 nitrogen and oxygen atoms in total. The van der Waals surface area contributed by atoms with Crippen molar-refractivity contribution >= 4 is 0 Å². The highest BCUT2D eigenvalue weighted by molar-refractivity contribution is 5.55. The van der Waals surface area contributed by atoms with Gasteiger partial charge in [-0.25, -0.2) is 0 Å². The average molecular weight is 230 g/mol. The molecule has 1 unspecified atom stereocenters. The molecule has 3 aliphatic rings. The molecular formula is C14H14O3. The number of ether oxygens (including phenoxy) is 1. The number of aliphatic hydroxyl groups is 2. The van der Waals surface area contributed by atoms with E-state index in [9.17, 15) is 10.2 Å². The van der Waals surface area contributed by atoms with E-state index < -0.39 is 0 Å². The molecule has 3 rings (SSSR count). The summed E-state index contributed by atoms with van der Waals surface area (Å²) in [6, 6.07) is 0. The van der Waals surface area contributed by atoms with Crippen LogP contribution in [-0.4, -0.2) is 23.4 Å². The first-order chi connectivity index (χ1) is 8.31. The Labute approximate surface area is 99.7 Å². The third kappa shape index (κ3) is 1.30. The molecule has 0 bridgehead atoms. The number of aliphatic hydroxyl groups excluding tert-OH is 2. The van der Waals surface area contributed by atoms with Crippen molar-refractivity contribution < 1.29 is 14.9 Å². The SMILES string of the molecule is OCC1=C2OC(CO)=C3C=CC=CC32CC=C1. The molecule has 0 saturated heterocycles. The monoisotopic (exact) mass is 230 g/mol. The predicted octanol–water partition coefficient (Wildman–Crippen LogP) is 1.58. The van der Waals surface area contributed by atoms with Gasteiger partial charge in [0.05, 0.1) is 12.0 Å². The summed E-state index contributed by atoms with van der Waals surface area (Å²) < 4.78 is 5.75. The second-order valence-electron chi connectivity index (χ2n) is 4.41. The molecule has 2 aliphatic carbocycles. The van der Waals surface area contributed by atoms with Crippen LogP contribution in [0.3, 0.4) is 0 Å². The standard InChI is InChI=1S/C14H14O3/c15-8-10-4-3-7-14-6-2-1-5-11(14)12(9-16)17-13(10)14/h1-6,15-16H,7-9H2. The van der Waals surface area contributed by atoms with Crippen molar-refractivity contribution in [2.75, 3.05) is 13.2 Å². The van der Waals surface area contributed by atoms with Crippen molar-refractivity contribution in [2.24, 2.45) is 5.41 Å². The van der Waals surface area contributed by atoms with Crippen molar-refractivity contribution in [3.63, 3.8) is 0 Å². The van der Waals surface area contributed by atoms with Gasteiger partial charge in [-0.2, -0.15) is 0 Å². The molecule has 3 heteroatoms. The molecule has 1 aliphatic heterocycles. The van der Waals surface area contributed by atoms with Crippen molar-refractivity contribution in [1.29, 1.82) is 0 Å². The lowest BCUT2D eigenvalue weighted by Crippen LogP contribution is -2.24. The molecule has 0 fully saturated rings. The van der Waals surface area contributed by atoms with Crippen LogP contribution in [0.5, 0.6) is 0 Å². The fourth-order valence-corrected chi connectivity index (χ4v) is 2.75. The van der Waals surface area contributed by atoms with Crippen molar-refractivity contribution in [3.05, 3.63) is 59.1 Å². The van der Waals surface area contributed by atoms with E-state index in [4.69, 9.17) is 4.74 Å². The second kappa shape index (κ2) is 3.72. The number of hydrogen-bond acceptors (Lipinski definition) is 3.